The minimum atomic E-state index is -0.0332. The molecule has 1 heterocycles. The number of hydrogen-bond donors (Lipinski definition) is 1. The van der Waals surface area contributed by atoms with Gasteiger partial charge in [-0.15, -0.1) is 0 Å². The van der Waals surface area contributed by atoms with Crippen LogP contribution in [0.5, 0.6) is 11.5 Å². The van der Waals surface area contributed by atoms with Crippen molar-refractivity contribution in [1.29, 1.82) is 0 Å². The van der Waals surface area contributed by atoms with Gasteiger partial charge in [0.25, 0.3) is 0 Å². The van der Waals surface area contributed by atoms with Gasteiger partial charge in [-0.25, -0.2) is 0 Å². The summed E-state index contributed by atoms with van der Waals surface area (Å²) in [6.45, 7) is 3.03. The van der Waals surface area contributed by atoms with Crippen LogP contribution in [0, 0.1) is 0 Å². The van der Waals surface area contributed by atoms with E-state index in [2.05, 4.69) is 28.2 Å². The minimum Gasteiger partial charge on any atom is -0.493 e. The van der Waals surface area contributed by atoms with Crippen LogP contribution in [0.15, 0.2) is 39.4 Å². The van der Waals surface area contributed by atoms with Crippen LogP contribution in [0.2, 0.25) is 0 Å². The number of halogens is 1. The Labute approximate surface area is 133 Å². The first-order valence-electron chi connectivity index (χ1n) is 6.89. The van der Waals surface area contributed by atoms with Crippen molar-refractivity contribution in [2.75, 3.05) is 20.8 Å². The zero-order valence-electron chi connectivity index (χ0n) is 12.5. The molecule has 0 aliphatic rings. The van der Waals surface area contributed by atoms with Gasteiger partial charge in [-0.1, -0.05) is 13.0 Å². The van der Waals surface area contributed by atoms with Gasteiger partial charge >= 0.3 is 0 Å². The fraction of sp³-hybridized carbons (Fsp3) is 0.375. The second kappa shape index (κ2) is 7.52. The van der Waals surface area contributed by atoms with Crippen LogP contribution < -0.4 is 14.8 Å². The molecule has 1 aromatic heterocycles. The van der Waals surface area contributed by atoms with Gasteiger partial charge in [-0.3, -0.25) is 0 Å². The lowest BCUT2D eigenvalue weighted by Gasteiger charge is -2.19. The SMILES string of the molecule is CCCNC(c1ccc(OC)c(OC)c1)c1occc1Br. The minimum absolute atomic E-state index is 0.0332. The van der Waals surface area contributed by atoms with Gasteiger partial charge in [0.05, 0.1) is 31.0 Å². The van der Waals surface area contributed by atoms with E-state index in [0.29, 0.717) is 11.5 Å². The van der Waals surface area contributed by atoms with Gasteiger partial charge in [0.2, 0.25) is 0 Å². The molecule has 1 unspecified atom stereocenters. The summed E-state index contributed by atoms with van der Waals surface area (Å²) in [5.41, 5.74) is 1.07. The molecule has 2 aromatic rings. The lowest BCUT2D eigenvalue weighted by Crippen LogP contribution is -2.23. The van der Waals surface area contributed by atoms with Gasteiger partial charge < -0.3 is 19.2 Å². The molecular weight excluding hydrogens is 334 g/mol. The molecular formula is C16H20BrNO3. The van der Waals surface area contributed by atoms with Crippen LogP contribution >= 0.6 is 15.9 Å². The highest BCUT2D eigenvalue weighted by Gasteiger charge is 2.21. The Morgan fingerprint density at radius 1 is 1.19 bits per heavy atom. The summed E-state index contributed by atoms with van der Waals surface area (Å²) < 4.78 is 17.2. The molecule has 0 saturated carbocycles. The molecule has 0 saturated heterocycles. The van der Waals surface area contributed by atoms with E-state index in [-0.39, 0.29) is 6.04 Å². The third-order valence-electron chi connectivity index (χ3n) is 3.25. The maximum absolute atomic E-state index is 5.63. The van der Waals surface area contributed by atoms with Gasteiger partial charge in [0, 0.05) is 0 Å². The number of nitrogens with one attached hydrogen (secondary N) is 1. The number of benzene rings is 1. The zero-order valence-corrected chi connectivity index (χ0v) is 14.1. The Balaban J connectivity index is 2.39. The van der Waals surface area contributed by atoms with Crippen LogP contribution in [-0.2, 0) is 0 Å². The molecule has 4 nitrogen and oxygen atoms in total. The lowest BCUT2D eigenvalue weighted by atomic mass is 10.0. The Bertz CT molecular complexity index is 583. The number of hydrogen-bond acceptors (Lipinski definition) is 4. The normalized spacial score (nSPS) is 12.2. The summed E-state index contributed by atoms with van der Waals surface area (Å²) in [5, 5.41) is 3.50. The van der Waals surface area contributed by atoms with Crippen LogP contribution in [0.4, 0.5) is 0 Å². The highest BCUT2D eigenvalue weighted by atomic mass is 79.9. The monoisotopic (exact) mass is 353 g/mol. The quantitative estimate of drug-likeness (QED) is 0.811. The molecule has 0 aliphatic heterocycles. The molecule has 1 atom stereocenters. The van der Waals surface area contributed by atoms with E-state index in [4.69, 9.17) is 13.9 Å². The molecule has 5 heteroatoms. The molecule has 2 rings (SSSR count). The van der Waals surface area contributed by atoms with Crippen molar-refractivity contribution in [3.05, 3.63) is 46.3 Å². The second-order valence-electron chi connectivity index (χ2n) is 4.63. The third kappa shape index (κ3) is 3.60. The van der Waals surface area contributed by atoms with Crippen molar-refractivity contribution in [3.63, 3.8) is 0 Å². The van der Waals surface area contributed by atoms with Crippen LogP contribution in [0.25, 0.3) is 0 Å². The van der Waals surface area contributed by atoms with E-state index in [1.807, 2.05) is 24.3 Å². The molecule has 21 heavy (non-hydrogen) atoms. The Morgan fingerprint density at radius 3 is 2.52 bits per heavy atom. The fourth-order valence-electron chi connectivity index (χ4n) is 2.19. The topological polar surface area (TPSA) is 43.6 Å². The summed E-state index contributed by atoms with van der Waals surface area (Å²) in [6, 6.07) is 7.77. The van der Waals surface area contributed by atoms with E-state index >= 15 is 0 Å². The van der Waals surface area contributed by atoms with Crippen molar-refractivity contribution < 1.29 is 13.9 Å². The van der Waals surface area contributed by atoms with Crippen molar-refractivity contribution in [2.45, 2.75) is 19.4 Å². The smallest absolute Gasteiger partial charge is 0.161 e. The summed E-state index contributed by atoms with van der Waals surface area (Å²) in [7, 11) is 3.27. The van der Waals surface area contributed by atoms with Gasteiger partial charge in [0.1, 0.15) is 5.76 Å². The molecule has 0 aliphatic carbocycles. The number of methoxy groups -OCH3 is 2. The Morgan fingerprint density at radius 2 is 1.95 bits per heavy atom. The first-order chi connectivity index (χ1) is 10.2. The van der Waals surface area contributed by atoms with Crippen molar-refractivity contribution in [2.24, 2.45) is 0 Å². The van der Waals surface area contributed by atoms with Crippen LogP contribution in [0.3, 0.4) is 0 Å². The van der Waals surface area contributed by atoms with Crippen LogP contribution in [-0.4, -0.2) is 20.8 Å². The van der Waals surface area contributed by atoms with Gasteiger partial charge in [0.15, 0.2) is 11.5 Å². The largest absolute Gasteiger partial charge is 0.493 e. The highest BCUT2D eigenvalue weighted by Crippen LogP contribution is 2.34. The standard InChI is InChI=1S/C16H20BrNO3/c1-4-8-18-15(16-12(17)7-9-21-16)11-5-6-13(19-2)14(10-11)20-3/h5-7,9-10,15,18H,4,8H2,1-3H3. The lowest BCUT2D eigenvalue weighted by molar-refractivity contribution is 0.353. The van der Waals surface area contributed by atoms with E-state index in [0.717, 1.165) is 28.8 Å². The summed E-state index contributed by atoms with van der Waals surface area (Å²) in [4.78, 5) is 0. The fourth-order valence-corrected chi connectivity index (χ4v) is 2.62. The second-order valence-corrected chi connectivity index (χ2v) is 5.49. The summed E-state index contributed by atoms with van der Waals surface area (Å²) in [5.74, 6) is 2.28. The first-order valence-corrected chi connectivity index (χ1v) is 7.68. The number of furan rings is 1. The van der Waals surface area contributed by atoms with Crippen molar-refractivity contribution >= 4 is 15.9 Å². The number of rotatable bonds is 7. The van der Waals surface area contributed by atoms with E-state index < -0.39 is 0 Å². The van der Waals surface area contributed by atoms with Crippen molar-refractivity contribution in [1.82, 2.24) is 5.32 Å². The number of ether oxygens (including phenoxy) is 2. The first kappa shape index (κ1) is 15.9. The molecule has 114 valence electrons. The maximum Gasteiger partial charge on any atom is 0.161 e. The summed E-state index contributed by atoms with van der Waals surface area (Å²) in [6.07, 6.45) is 2.73. The molecule has 1 aromatic carbocycles. The third-order valence-corrected chi connectivity index (χ3v) is 3.90. The molecule has 0 fully saturated rings. The Kier molecular flexibility index (Phi) is 5.70. The average Bonchev–Trinajstić information content (AvgIpc) is 2.93. The van der Waals surface area contributed by atoms with E-state index in [1.165, 1.54) is 0 Å². The van der Waals surface area contributed by atoms with Crippen LogP contribution in [0.1, 0.15) is 30.7 Å². The predicted molar refractivity (Wildman–Crippen MR) is 86.1 cm³/mol. The zero-order chi connectivity index (χ0) is 15.2. The van der Waals surface area contributed by atoms with Gasteiger partial charge in [-0.05, 0) is 52.7 Å². The molecule has 0 spiro atoms. The molecule has 1 N–H and O–H groups in total. The van der Waals surface area contributed by atoms with Gasteiger partial charge in [-0.2, -0.15) is 0 Å². The molecule has 0 amide bonds. The predicted octanol–water partition coefficient (Wildman–Crippen LogP) is 4.15. The van der Waals surface area contributed by atoms with Crippen molar-refractivity contribution in [3.8, 4) is 11.5 Å². The Hall–Kier alpha value is -1.46. The molecule has 0 bridgehead atoms. The van der Waals surface area contributed by atoms with E-state index in [1.54, 1.807) is 20.5 Å². The maximum atomic E-state index is 5.63. The van der Waals surface area contributed by atoms with E-state index in [9.17, 15) is 0 Å². The molecule has 0 radical (unpaired) electrons. The average molecular weight is 354 g/mol. The highest BCUT2D eigenvalue weighted by molar-refractivity contribution is 9.10. The summed E-state index contributed by atoms with van der Waals surface area (Å²) >= 11 is 3.53.